The van der Waals surface area contributed by atoms with Crippen molar-refractivity contribution in [3.05, 3.63) is 23.2 Å². The number of nitrogens with zero attached hydrogens (tertiary/aromatic N) is 1. The van der Waals surface area contributed by atoms with Crippen molar-refractivity contribution in [1.82, 2.24) is 4.90 Å². The van der Waals surface area contributed by atoms with Crippen molar-refractivity contribution in [1.29, 1.82) is 0 Å². The van der Waals surface area contributed by atoms with E-state index in [9.17, 15) is 4.79 Å². The largest absolute Gasteiger partial charge is 0.497 e. The zero-order valence-electron chi connectivity index (χ0n) is 10.3. The molecule has 18 heavy (non-hydrogen) atoms. The van der Waals surface area contributed by atoms with E-state index in [4.69, 9.17) is 32.7 Å². The van der Waals surface area contributed by atoms with Gasteiger partial charge in [-0.2, -0.15) is 0 Å². The molecule has 4 nitrogen and oxygen atoms in total. The van der Waals surface area contributed by atoms with Gasteiger partial charge in [-0.15, -0.1) is 11.6 Å². The number of carbonyl (C=O) groups excluding carboxylic acids is 1. The minimum atomic E-state index is -0.138. The molecule has 1 amide bonds. The Hall–Kier alpha value is -1.13. The van der Waals surface area contributed by atoms with Gasteiger partial charge in [0.05, 0.1) is 18.7 Å². The van der Waals surface area contributed by atoms with E-state index in [-0.39, 0.29) is 11.8 Å². The van der Waals surface area contributed by atoms with Crippen LogP contribution in [-0.4, -0.2) is 44.0 Å². The molecule has 0 saturated heterocycles. The van der Waals surface area contributed by atoms with Crippen LogP contribution >= 0.6 is 23.2 Å². The zero-order chi connectivity index (χ0) is 13.5. The minimum Gasteiger partial charge on any atom is -0.497 e. The quantitative estimate of drug-likeness (QED) is 0.756. The summed E-state index contributed by atoms with van der Waals surface area (Å²) in [5, 5.41) is 0.473. The maximum atomic E-state index is 11.2. The highest BCUT2D eigenvalue weighted by Crippen LogP contribution is 2.28. The number of methoxy groups -OCH3 is 1. The molecule has 0 saturated carbocycles. The van der Waals surface area contributed by atoms with E-state index in [2.05, 4.69) is 0 Å². The maximum absolute atomic E-state index is 11.2. The SMILES string of the molecule is COc1ccc(OCCN(C)C(=O)CCl)c(Cl)c1. The summed E-state index contributed by atoms with van der Waals surface area (Å²) in [6.07, 6.45) is 0. The Morgan fingerprint density at radius 2 is 2.17 bits per heavy atom. The van der Waals surface area contributed by atoms with Gasteiger partial charge in [-0.1, -0.05) is 11.6 Å². The number of ether oxygens (including phenoxy) is 2. The highest BCUT2D eigenvalue weighted by atomic mass is 35.5. The van der Waals surface area contributed by atoms with Crippen molar-refractivity contribution >= 4 is 29.1 Å². The van der Waals surface area contributed by atoms with Gasteiger partial charge in [0.25, 0.3) is 0 Å². The van der Waals surface area contributed by atoms with Crippen molar-refractivity contribution in [2.75, 3.05) is 33.2 Å². The summed E-state index contributed by atoms with van der Waals surface area (Å²) in [5.41, 5.74) is 0. The van der Waals surface area contributed by atoms with Crippen LogP contribution in [0.2, 0.25) is 5.02 Å². The highest BCUT2D eigenvalue weighted by molar-refractivity contribution is 6.32. The molecule has 0 atom stereocenters. The fourth-order valence-electron chi connectivity index (χ4n) is 1.24. The first-order valence-corrected chi connectivity index (χ1v) is 6.26. The summed E-state index contributed by atoms with van der Waals surface area (Å²) in [4.78, 5) is 12.7. The van der Waals surface area contributed by atoms with Crippen molar-refractivity contribution in [2.24, 2.45) is 0 Å². The molecule has 0 aliphatic rings. The first-order chi connectivity index (χ1) is 8.58. The van der Waals surface area contributed by atoms with E-state index in [1.165, 1.54) is 4.90 Å². The Morgan fingerprint density at radius 3 is 2.72 bits per heavy atom. The lowest BCUT2D eigenvalue weighted by Crippen LogP contribution is -2.31. The van der Waals surface area contributed by atoms with Crippen LogP contribution < -0.4 is 9.47 Å². The molecule has 0 bridgehead atoms. The summed E-state index contributed by atoms with van der Waals surface area (Å²) in [7, 11) is 3.24. The van der Waals surface area contributed by atoms with Crippen molar-refractivity contribution in [2.45, 2.75) is 0 Å². The Morgan fingerprint density at radius 1 is 1.44 bits per heavy atom. The molecule has 0 aliphatic heterocycles. The maximum Gasteiger partial charge on any atom is 0.237 e. The molecule has 0 aromatic heterocycles. The lowest BCUT2D eigenvalue weighted by molar-refractivity contribution is -0.127. The van der Waals surface area contributed by atoms with Crippen LogP contribution in [0.25, 0.3) is 0 Å². The van der Waals surface area contributed by atoms with Gasteiger partial charge in [-0.25, -0.2) is 0 Å². The Kier molecular flexibility index (Phi) is 6.09. The second-order valence-corrected chi connectivity index (χ2v) is 4.27. The van der Waals surface area contributed by atoms with E-state index >= 15 is 0 Å². The van der Waals surface area contributed by atoms with Gasteiger partial charge in [0.2, 0.25) is 5.91 Å². The smallest absolute Gasteiger partial charge is 0.237 e. The van der Waals surface area contributed by atoms with Crippen LogP contribution in [-0.2, 0) is 4.79 Å². The Labute approximate surface area is 116 Å². The van der Waals surface area contributed by atoms with Crippen molar-refractivity contribution < 1.29 is 14.3 Å². The molecule has 100 valence electrons. The van der Waals surface area contributed by atoms with E-state index in [1.54, 1.807) is 32.4 Å². The third-order valence-electron chi connectivity index (χ3n) is 2.36. The number of halogens is 2. The number of alkyl halides is 1. The van der Waals surface area contributed by atoms with Crippen molar-refractivity contribution in [3.63, 3.8) is 0 Å². The van der Waals surface area contributed by atoms with Crippen LogP contribution in [0.15, 0.2) is 18.2 Å². The summed E-state index contributed by atoms with van der Waals surface area (Å²) in [6.45, 7) is 0.805. The third-order valence-corrected chi connectivity index (χ3v) is 2.89. The number of benzene rings is 1. The fraction of sp³-hybridized carbons (Fsp3) is 0.417. The van der Waals surface area contributed by atoms with Crippen molar-refractivity contribution in [3.8, 4) is 11.5 Å². The predicted octanol–water partition coefficient (Wildman–Crippen LogP) is 2.42. The normalized spacial score (nSPS) is 10.0. The van der Waals surface area contributed by atoms with Gasteiger partial charge in [0, 0.05) is 13.1 Å². The van der Waals surface area contributed by atoms with Crippen LogP contribution in [0.1, 0.15) is 0 Å². The molecule has 0 radical (unpaired) electrons. The standard InChI is InChI=1S/C12H15Cl2NO3/c1-15(12(16)8-13)5-6-18-11-4-3-9(17-2)7-10(11)14/h3-4,7H,5-6,8H2,1-2H3. The molecule has 0 fully saturated rings. The molecule has 6 heteroatoms. The number of amides is 1. The van der Waals surface area contributed by atoms with Gasteiger partial charge in [-0.05, 0) is 12.1 Å². The second kappa shape index (κ2) is 7.34. The second-order valence-electron chi connectivity index (χ2n) is 3.59. The molecule has 0 heterocycles. The van der Waals surface area contributed by atoms with Gasteiger partial charge >= 0.3 is 0 Å². The molecule has 0 spiro atoms. The average Bonchev–Trinajstić information content (AvgIpc) is 2.39. The highest BCUT2D eigenvalue weighted by Gasteiger charge is 2.08. The summed E-state index contributed by atoms with van der Waals surface area (Å²) in [5.74, 6) is 1.06. The molecule has 0 aliphatic carbocycles. The molecule has 0 unspecified atom stereocenters. The molecule has 0 N–H and O–H groups in total. The molecular weight excluding hydrogens is 277 g/mol. The van der Waals surface area contributed by atoms with Gasteiger partial charge in [0.1, 0.15) is 24.0 Å². The average molecular weight is 292 g/mol. The first-order valence-electron chi connectivity index (χ1n) is 5.34. The molecule has 1 aromatic carbocycles. The fourth-order valence-corrected chi connectivity index (χ4v) is 1.67. The molecule has 1 rings (SSSR count). The van der Waals surface area contributed by atoms with Crippen LogP contribution in [0.4, 0.5) is 0 Å². The van der Waals surface area contributed by atoms with Crippen LogP contribution in [0.3, 0.4) is 0 Å². The Bertz CT molecular complexity index is 412. The first kappa shape index (κ1) is 14.9. The van der Waals surface area contributed by atoms with Gasteiger partial charge in [-0.3, -0.25) is 4.79 Å². The Balaban J connectivity index is 2.46. The topological polar surface area (TPSA) is 38.8 Å². The van der Waals surface area contributed by atoms with E-state index in [0.29, 0.717) is 29.7 Å². The molecular formula is C12H15Cl2NO3. The summed E-state index contributed by atoms with van der Waals surface area (Å²) < 4.78 is 10.5. The zero-order valence-corrected chi connectivity index (χ0v) is 11.8. The van der Waals surface area contributed by atoms with Crippen LogP contribution in [0.5, 0.6) is 11.5 Å². The number of carbonyl (C=O) groups is 1. The van der Waals surface area contributed by atoms with Gasteiger partial charge in [0.15, 0.2) is 0 Å². The monoisotopic (exact) mass is 291 g/mol. The van der Waals surface area contributed by atoms with E-state index in [0.717, 1.165) is 0 Å². The van der Waals surface area contributed by atoms with E-state index < -0.39 is 0 Å². The lowest BCUT2D eigenvalue weighted by atomic mass is 10.3. The van der Waals surface area contributed by atoms with Crippen LogP contribution in [0, 0.1) is 0 Å². The minimum absolute atomic E-state index is 0.0280. The lowest BCUT2D eigenvalue weighted by Gasteiger charge is -2.16. The number of rotatable bonds is 6. The number of likely N-dealkylation sites (N-methyl/N-ethyl adjacent to an activating group) is 1. The number of hydrogen-bond donors (Lipinski definition) is 0. The van der Waals surface area contributed by atoms with E-state index in [1.807, 2.05) is 0 Å². The number of hydrogen-bond acceptors (Lipinski definition) is 3. The predicted molar refractivity (Wildman–Crippen MR) is 71.9 cm³/mol. The third kappa shape index (κ3) is 4.27. The summed E-state index contributed by atoms with van der Waals surface area (Å²) in [6, 6.07) is 5.16. The molecule has 1 aromatic rings. The summed E-state index contributed by atoms with van der Waals surface area (Å²) >= 11 is 11.4. The van der Waals surface area contributed by atoms with Gasteiger partial charge < -0.3 is 14.4 Å².